The lowest BCUT2D eigenvalue weighted by molar-refractivity contribution is -0.136. The zero-order valence-corrected chi connectivity index (χ0v) is 18.7. The normalized spacial score (nSPS) is 11.6. The molecule has 0 fully saturated rings. The van der Waals surface area contributed by atoms with Crippen molar-refractivity contribution in [2.24, 2.45) is 0 Å². The summed E-state index contributed by atoms with van der Waals surface area (Å²) in [5.74, 6) is -0.763. The first-order chi connectivity index (χ1) is 15.7. The van der Waals surface area contributed by atoms with Gasteiger partial charge in [-0.1, -0.05) is 23.7 Å². The number of carbonyl (C=O) groups is 2. The molecule has 0 aliphatic rings. The number of allylic oxidation sites excluding steroid dienone is 3. The molecule has 0 saturated carbocycles. The highest BCUT2D eigenvalue weighted by molar-refractivity contribution is 6.32. The first kappa shape index (κ1) is 23.8. The first-order valence-corrected chi connectivity index (χ1v) is 10.4. The number of benzene rings is 2. The van der Waals surface area contributed by atoms with E-state index in [9.17, 15) is 14.0 Å². The van der Waals surface area contributed by atoms with E-state index in [4.69, 9.17) is 21.4 Å². The average molecular weight is 469 g/mol. The number of carbonyl (C=O) groups excluding carboxylic acids is 1. The summed E-state index contributed by atoms with van der Waals surface area (Å²) >= 11 is 6.19. The van der Waals surface area contributed by atoms with Crippen molar-refractivity contribution in [3.63, 3.8) is 0 Å². The third kappa shape index (κ3) is 6.57. The second-order valence-electron chi connectivity index (χ2n) is 7.20. The Labute approximate surface area is 195 Å². The Morgan fingerprint density at radius 2 is 1.91 bits per heavy atom. The molecule has 1 amide bonds. The van der Waals surface area contributed by atoms with Gasteiger partial charge in [-0.05, 0) is 79.6 Å². The molecule has 6 nitrogen and oxygen atoms in total. The SMILES string of the molecule is C/C=C(F)\C=C/c1[nH]c(C(=O)Nc2ccc(Oc3ccc(CC(=O)O)cc3Cl)cc2)cc1C. The van der Waals surface area contributed by atoms with Crippen LogP contribution in [0.15, 0.2) is 66.5 Å². The van der Waals surface area contributed by atoms with Crippen molar-refractivity contribution < 1.29 is 23.8 Å². The Kier molecular flexibility index (Phi) is 7.69. The quantitative estimate of drug-likeness (QED) is 0.327. The van der Waals surface area contributed by atoms with Crippen molar-refractivity contribution in [2.75, 3.05) is 5.32 Å². The summed E-state index contributed by atoms with van der Waals surface area (Å²) in [5, 5.41) is 12.0. The van der Waals surface area contributed by atoms with E-state index in [1.807, 2.05) is 6.92 Å². The monoisotopic (exact) mass is 468 g/mol. The van der Waals surface area contributed by atoms with Crippen LogP contribution in [0, 0.1) is 6.92 Å². The molecule has 0 unspecified atom stereocenters. The number of aryl methyl sites for hydroxylation is 1. The maximum absolute atomic E-state index is 13.3. The van der Waals surface area contributed by atoms with Crippen LogP contribution in [-0.2, 0) is 11.2 Å². The van der Waals surface area contributed by atoms with Crippen LogP contribution in [0.4, 0.5) is 10.1 Å². The summed E-state index contributed by atoms with van der Waals surface area (Å²) < 4.78 is 19.0. The van der Waals surface area contributed by atoms with Gasteiger partial charge in [-0.2, -0.15) is 0 Å². The van der Waals surface area contributed by atoms with Crippen LogP contribution in [0.2, 0.25) is 5.02 Å². The van der Waals surface area contributed by atoms with Crippen LogP contribution in [0.3, 0.4) is 0 Å². The number of ether oxygens (including phenoxy) is 1. The van der Waals surface area contributed by atoms with E-state index < -0.39 is 5.97 Å². The maximum Gasteiger partial charge on any atom is 0.307 e. The molecule has 0 spiro atoms. The molecule has 8 heteroatoms. The highest BCUT2D eigenvalue weighted by atomic mass is 35.5. The van der Waals surface area contributed by atoms with Crippen molar-refractivity contribution in [1.82, 2.24) is 4.98 Å². The number of carboxylic acid groups (broad SMARTS) is 1. The molecular weight excluding hydrogens is 447 g/mol. The average Bonchev–Trinajstić information content (AvgIpc) is 3.15. The topological polar surface area (TPSA) is 91.4 Å². The van der Waals surface area contributed by atoms with Crippen molar-refractivity contribution in [3.8, 4) is 11.5 Å². The molecule has 1 heterocycles. The predicted octanol–water partition coefficient (Wildman–Crippen LogP) is 6.53. The lowest BCUT2D eigenvalue weighted by atomic mass is 10.1. The molecule has 0 saturated heterocycles. The molecule has 1 aromatic heterocycles. The molecule has 0 aliphatic heterocycles. The summed E-state index contributed by atoms with van der Waals surface area (Å²) in [4.78, 5) is 26.4. The van der Waals surface area contributed by atoms with Crippen LogP contribution in [0.25, 0.3) is 6.08 Å². The standard InChI is InChI=1S/C25H22ClFN2O4/c1-3-17(27)5-10-21-15(2)12-22(29-21)25(32)28-18-6-8-19(9-7-18)33-23-11-4-16(13-20(23)26)14-24(30)31/h3-13,29H,14H2,1-2H3,(H,28,32)(H,30,31)/b10-5-,17-3+. The Hall–Kier alpha value is -3.84. The molecule has 0 bridgehead atoms. The highest BCUT2D eigenvalue weighted by Gasteiger charge is 2.12. The number of aromatic amines is 1. The predicted molar refractivity (Wildman–Crippen MR) is 127 cm³/mol. The van der Waals surface area contributed by atoms with Gasteiger partial charge in [-0.3, -0.25) is 9.59 Å². The van der Waals surface area contributed by atoms with Gasteiger partial charge in [0.15, 0.2) is 0 Å². The van der Waals surface area contributed by atoms with Crippen LogP contribution in [-0.4, -0.2) is 22.0 Å². The Bertz CT molecular complexity index is 1230. The molecule has 33 heavy (non-hydrogen) atoms. The highest BCUT2D eigenvalue weighted by Crippen LogP contribution is 2.31. The van der Waals surface area contributed by atoms with Crippen LogP contribution >= 0.6 is 11.6 Å². The van der Waals surface area contributed by atoms with E-state index >= 15 is 0 Å². The molecule has 170 valence electrons. The summed E-state index contributed by atoms with van der Waals surface area (Å²) in [7, 11) is 0. The Balaban J connectivity index is 1.65. The minimum Gasteiger partial charge on any atom is -0.481 e. The van der Waals surface area contributed by atoms with E-state index in [1.165, 1.54) is 12.2 Å². The van der Waals surface area contributed by atoms with Gasteiger partial charge in [-0.15, -0.1) is 0 Å². The van der Waals surface area contributed by atoms with Crippen LogP contribution in [0.5, 0.6) is 11.5 Å². The Morgan fingerprint density at radius 3 is 2.55 bits per heavy atom. The van der Waals surface area contributed by atoms with Crippen LogP contribution < -0.4 is 10.1 Å². The smallest absolute Gasteiger partial charge is 0.307 e. The molecular formula is C25H22ClFN2O4. The van der Waals surface area contributed by atoms with Gasteiger partial charge in [0, 0.05) is 11.4 Å². The third-order valence-corrected chi connectivity index (χ3v) is 4.97. The number of rotatable bonds is 8. The number of aliphatic carboxylic acids is 1. The van der Waals surface area contributed by atoms with Gasteiger partial charge < -0.3 is 20.1 Å². The fraction of sp³-hybridized carbons (Fsp3) is 0.120. The lowest BCUT2D eigenvalue weighted by Crippen LogP contribution is -2.12. The molecule has 0 atom stereocenters. The third-order valence-electron chi connectivity index (χ3n) is 4.68. The van der Waals surface area contributed by atoms with Gasteiger partial charge in [0.25, 0.3) is 5.91 Å². The summed E-state index contributed by atoms with van der Waals surface area (Å²) in [6.45, 7) is 3.43. The van der Waals surface area contributed by atoms with E-state index in [0.29, 0.717) is 39.2 Å². The van der Waals surface area contributed by atoms with Crippen molar-refractivity contribution in [2.45, 2.75) is 20.3 Å². The van der Waals surface area contributed by atoms with E-state index in [1.54, 1.807) is 61.5 Å². The number of hydrogen-bond donors (Lipinski definition) is 3. The van der Waals surface area contributed by atoms with Gasteiger partial charge in [0.1, 0.15) is 23.0 Å². The fourth-order valence-corrected chi connectivity index (χ4v) is 3.21. The van der Waals surface area contributed by atoms with E-state index in [0.717, 1.165) is 5.56 Å². The maximum atomic E-state index is 13.3. The van der Waals surface area contributed by atoms with Crippen LogP contribution in [0.1, 0.15) is 34.2 Å². The fourth-order valence-electron chi connectivity index (χ4n) is 2.97. The van der Waals surface area contributed by atoms with Gasteiger partial charge in [-0.25, -0.2) is 4.39 Å². The Morgan fingerprint density at radius 1 is 1.18 bits per heavy atom. The number of nitrogens with one attached hydrogen (secondary N) is 2. The minimum atomic E-state index is -0.942. The van der Waals surface area contributed by atoms with Gasteiger partial charge >= 0.3 is 5.97 Å². The van der Waals surface area contributed by atoms with E-state index in [-0.39, 0.29) is 18.2 Å². The zero-order chi connectivity index (χ0) is 24.0. The van der Waals surface area contributed by atoms with Gasteiger partial charge in [0.05, 0.1) is 11.4 Å². The number of amides is 1. The molecule has 3 rings (SSSR count). The molecule has 2 aromatic carbocycles. The van der Waals surface area contributed by atoms with Crippen molar-refractivity contribution in [3.05, 3.63) is 94.0 Å². The second-order valence-corrected chi connectivity index (χ2v) is 7.61. The summed E-state index contributed by atoms with van der Waals surface area (Å²) in [6.07, 6.45) is 4.12. The van der Waals surface area contributed by atoms with Gasteiger partial charge in [0.2, 0.25) is 0 Å². The number of aromatic nitrogens is 1. The number of H-pyrrole nitrogens is 1. The largest absolute Gasteiger partial charge is 0.481 e. The molecule has 3 aromatic rings. The van der Waals surface area contributed by atoms with Crippen molar-refractivity contribution >= 4 is 35.2 Å². The van der Waals surface area contributed by atoms with Crippen molar-refractivity contribution in [1.29, 1.82) is 0 Å². The summed E-state index contributed by atoms with van der Waals surface area (Å²) in [5.41, 5.74) is 2.94. The number of hydrogen-bond acceptors (Lipinski definition) is 3. The molecule has 0 aliphatic carbocycles. The number of anilines is 1. The number of halogens is 2. The summed E-state index contributed by atoms with van der Waals surface area (Å²) in [6, 6.07) is 13.2. The van der Waals surface area contributed by atoms with E-state index in [2.05, 4.69) is 10.3 Å². The first-order valence-electron chi connectivity index (χ1n) is 10.0. The minimum absolute atomic E-state index is 0.126. The zero-order valence-electron chi connectivity index (χ0n) is 18.0. The lowest BCUT2D eigenvalue weighted by Gasteiger charge is -2.10. The molecule has 3 N–H and O–H groups in total. The molecule has 0 radical (unpaired) electrons. The second kappa shape index (κ2) is 10.7. The number of carboxylic acids is 1.